The highest BCUT2D eigenvalue weighted by atomic mass is 16.5. The second-order valence-corrected chi connectivity index (χ2v) is 2.69. The molecule has 0 aromatic heterocycles. The maximum absolute atomic E-state index is 9.27. The van der Waals surface area contributed by atoms with E-state index in [9.17, 15) is 5.11 Å². The van der Waals surface area contributed by atoms with Crippen LogP contribution in [-0.4, -0.2) is 70.3 Å². The predicted octanol–water partition coefficient (Wildman–Crippen LogP) is -2.93. The average molecular weight is 196 g/mol. The van der Waals surface area contributed by atoms with Crippen LogP contribution in [0.15, 0.2) is 0 Å². The minimum Gasteiger partial charge on any atom is -0.394 e. The summed E-state index contributed by atoms with van der Waals surface area (Å²) in [5.74, 6) is 0. The van der Waals surface area contributed by atoms with E-state index in [1.165, 1.54) is 7.11 Å². The van der Waals surface area contributed by atoms with Crippen molar-refractivity contribution in [3.63, 3.8) is 0 Å². The van der Waals surface area contributed by atoms with Gasteiger partial charge in [-0.1, -0.05) is 0 Å². The summed E-state index contributed by atoms with van der Waals surface area (Å²) < 4.78 is 4.62. The van der Waals surface area contributed by atoms with Crippen molar-refractivity contribution in [2.45, 2.75) is 24.4 Å². The van der Waals surface area contributed by atoms with E-state index in [1.54, 1.807) is 0 Å². The highest BCUT2D eigenvalue weighted by molar-refractivity contribution is 4.80. The van der Waals surface area contributed by atoms with Gasteiger partial charge in [0.2, 0.25) is 0 Å². The van der Waals surface area contributed by atoms with Crippen LogP contribution in [0.1, 0.15) is 0 Å². The van der Waals surface area contributed by atoms with Gasteiger partial charge in [-0.15, -0.1) is 0 Å². The van der Waals surface area contributed by atoms with E-state index in [0.717, 1.165) is 0 Å². The Labute approximate surface area is 76.0 Å². The third-order valence-corrected chi connectivity index (χ3v) is 1.79. The van der Waals surface area contributed by atoms with Gasteiger partial charge in [-0.3, -0.25) is 0 Å². The molecule has 0 fully saturated rings. The summed E-state index contributed by atoms with van der Waals surface area (Å²) in [6.07, 6.45) is -5.39. The van der Waals surface area contributed by atoms with Crippen molar-refractivity contribution in [2.75, 3.05) is 20.3 Å². The zero-order valence-corrected chi connectivity index (χ0v) is 7.37. The Hall–Kier alpha value is -0.240. The fourth-order valence-electron chi connectivity index (χ4n) is 0.877. The molecule has 0 rings (SSSR count). The summed E-state index contributed by atoms with van der Waals surface area (Å²) >= 11 is 0. The molecule has 0 aliphatic rings. The maximum Gasteiger partial charge on any atom is 0.111 e. The van der Waals surface area contributed by atoms with E-state index in [1.807, 2.05) is 0 Å². The molecule has 13 heavy (non-hydrogen) atoms. The molecule has 80 valence electrons. The number of ether oxygens (including phenoxy) is 1. The number of hydrogen-bond acceptors (Lipinski definition) is 6. The van der Waals surface area contributed by atoms with Crippen LogP contribution in [0.5, 0.6) is 0 Å². The summed E-state index contributed by atoms with van der Waals surface area (Å²) in [4.78, 5) is 0. The monoisotopic (exact) mass is 196 g/mol. The molecule has 6 heteroatoms. The third-order valence-electron chi connectivity index (χ3n) is 1.79. The fourth-order valence-corrected chi connectivity index (χ4v) is 0.877. The zero-order chi connectivity index (χ0) is 10.4. The van der Waals surface area contributed by atoms with Gasteiger partial charge >= 0.3 is 0 Å². The van der Waals surface area contributed by atoms with Gasteiger partial charge in [0.1, 0.15) is 24.4 Å². The predicted molar refractivity (Wildman–Crippen MR) is 43.0 cm³/mol. The van der Waals surface area contributed by atoms with Gasteiger partial charge in [0.05, 0.1) is 13.2 Å². The molecule has 0 spiro atoms. The Kier molecular flexibility index (Phi) is 6.13. The molecule has 0 saturated carbocycles. The number of rotatable bonds is 6. The minimum absolute atomic E-state index is 0.479. The first-order valence-corrected chi connectivity index (χ1v) is 3.87. The first-order chi connectivity index (χ1) is 6.08. The van der Waals surface area contributed by atoms with Gasteiger partial charge in [-0.25, -0.2) is 0 Å². The van der Waals surface area contributed by atoms with Crippen molar-refractivity contribution in [3.8, 4) is 0 Å². The van der Waals surface area contributed by atoms with Crippen LogP contribution in [0.4, 0.5) is 0 Å². The average Bonchev–Trinajstić information content (AvgIpc) is 2.17. The van der Waals surface area contributed by atoms with E-state index in [2.05, 4.69) is 4.74 Å². The maximum atomic E-state index is 9.27. The van der Waals surface area contributed by atoms with Crippen LogP contribution < -0.4 is 0 Å². The Morgan fingerprint density at radius 2 is 1.54 bits per heavy atom. The highest BCUT2D eigenvalue weighted by Gasteiger charge is 2.30. The van der Waals surface area contributed by atoms with Crippen LogP contribution in [0.25, 0.3) is 0 Å². The summed E-state index contributed by atoms with van der Waals surface area (Å²) in [5.41, 5.74) is 0. The van der Waals surface area contributed by atoms with Crippen molar-refractivity contribution in [1.82, 2.24) is 0 Å². The van der Waals surface area contributed by atoms with Crippen LogP contribution in [0, 0.1) is 0 Å². The molecule has 0 aliphatic carbocycles. The van der Waals surface area contributed by atoms with Crippen LogP contribution in [0.2, 0.25) is 0 Å². The van der Waals surface area contributed by atoms with Crippen molar-refractivity contribution in [2.24, 2.45) is 0 Å². The van der Waals surface area contributed by atoms with E-state index in [0.29, 0.717) is 0 Å². The summed E-state index contributed by atoms with van der Waals surface area (Å²) in [6.45, 7) is -1.15. The summed E-state index contributed by atoms with van der Waals surface area (Å²) in [6, 6.07) is 0. The topological polar surface area (TPSA) is 110 Å². The Morgan fingerprint density at radius 3 is 1.85 bits per heavy atom. The van der Waals surface area contributed by atoms with E-state index in [4.69, 9.17) is 20.4 Å². The molecular formula is C7H16O6. The fraction of sp³-hybridized carbons (Fsp3) is 1.00. The largest absolute Gasteiger partial charge is 0.394 e. The zero-order valence-electron chi connectivity index (χ0n) is 7.37. The summed E-state index contributed by atoms with van der Waals surface area (Å²) in [7, 11) is 1.25. The van der Waals surface area contributed by atoms with Crippen molar-refractivity contribution in [3.05, 3.63) is 0 Å². The molecule has 0 aromatic carbocycles. The SMILES string of the molecule is COC(CO)[C@@H](O)C(O)[C@H](O)CO. The second kappa shape index (κ2) is 6.25. The number of aliphatic hydroxyl groups excluding tert-OH is 5. The molecule has 0 aliphatic heterocycles. The Balaban J connectivity index is 4.13. The van der Waals surface area contributed by atoms with E-state index >= 15 is 0 Å². The lowest BCUT2D eigenvalue weighted by Gasteiger charge is -2.26. The molecule has 4 atom stereocenters. The summed E-state index contributed by atoms with van der Waals surface area (Å²) in [5, 5.41) is 44.5. The Bertz CT molecular complexity index is 126. The molecule has 2 unspecified atom stereocenters. The lowest BCUT2D eigenvalue weighted by atomic mass is 10.0. The lowest BCUT2D eigenvalue weighted by molar-refractivity contribution is -0.132. The molecule has 0 heterocycles. The van der Waals surface area contributed by atoms with Crippen molar-refractivity contribution in [1.29, 1.82) is 0 Å². The van der Waals surface area contributed by atoms with E-state index < -0.39 is 37.6 Å². The minimum atomic E-state index is -1.54. The standard InChI is InChI=1S/C7H16O6/c1-13-5(3-9)7(12)6(11)4(10)2-8/h4-12H,2-3H2,1H3/t4-,5?,6?,7-/m1/s1. The molecular weight excluding hydrogens is 180 g/mol. The quantitative estimate of drug-likeness (QED) is 0.311. The Morgan fingerprint density at radius 1 is 1.00 bits per heavy atom. The van der Waals surface area contributed by atoms with Crippen molar-refractivity contribution >= 4 is 0 Å². The number of aliphatic hydroxyl groups is 5. The van der Waals surface area contributed by atoms with Gasteiger partial charge < -0.3 is 30.3 Å². The molecule has 5 N–H and O–H groups in total. The van der Waals surface area contributed by atoms with E-state index in [-0.39, 0.29) is 0 Å². The first kappa shape index (κ1) is 12.8. The van der Waals surface area contributed by atoms with Gasteiger partial charge in [-0.05, 0) is 0 Å². The number of hydrogen-bond donors (Lipinski definition) is 5. The van der Waals surface area contributed by atoms with Crippen LogP contribution in [-0.2, 0) is 4.74 Å². The van der Waals surface area contributed by atoms with Gasteiger partial charge in [0.15, 0.2) is 0 Å². The van der Waals surface area contributed by atoms with Gasteiger partial charge in [0.25, 0.3) is 0 Å². The second-order valence-electron chi connectivity index (χ2n) is 2.69. The molecule has 0 bridgehead atoms. The lowest BCUT2D eigenvalue weighted by Crippen LogP contribution is -2.47. The smallest absolute Gasteiger partial charge is 0.111 e. The third kappa shape index (κ3) is 3.55. The highest BCUT2D eigenvalue weighted by Crippen LogP contribution is 2.06. The van der Waals surface area contributed by atoms with Crippen LogP contribution >= 0.6 is 0 Å². The van der Waals surface area contributed by atoms with Crippen molar-refractivity contribution < 1.29 is 30.3 Å². The van der Waals surface area contributed by atoms with Crippen LogP contribution in [0.3, 0.4) is 0 Å². The normalized spacial score (nSPS) is 20.8. The molecule has 0 amide bonds. The van der Waals surface area contributed by atoms with Gasteiger partial charge in [-0.2, -0.15) is 0 Å². The molecule has 0 radical (unpaired) electrons. The molecule has 0 aromatic rings. The molecule has 0 saturated heterocycles. The number of methoxy groups -OCH3 is 1. The molecule has 6 nitrogen and oxygen atoms in total. The first-order valence-electron chi connectivity index (χ1n) is 3.87. The van der Waals surface area contributed by atoms with Gasteiger partial charge in [0, 0.05) is 7.11 Å².